The van der Waals surface area contributed by atoms with Gasteiger partial charge in [-0.3, -0.25) is 9.97 Å². The van der Waals surface area contributed by atoms with Gasteiger partial charge in [-0.15, -0.1) is 11.3 Å². The van der Waals surface area contributed by atoms with Gasteiger partial charge in [-0.2, -0.15) is 0 Å². The van der Waals surface area contributed by atoms with Gasteiger partial charge in [0.05, 0.1) is 40.7 Å². The fraction of sp³-hybridized carbons (Fsp3) is 0.297. The molecule has 1 aromatic carbocycles. The summed E-state index contributed by atoms with van der Waals surface area (Å²) >= 11 is 1.62. The van der Waals surface area contributed by atoms with Crippen molar-refractivity contribution in [3.8, 4) is 21.7 Å². The fourth-order valence-electron chi connectivity index (χ4n) is 5.26. The second kappa shape index (κ2) is 13.2. The molecule has 4 heterocycles. The summed E-state index contributed by atoms with van der Waals surface area (Å²) in [5.74, 6) is 6.49. The van der Waals surface area contributed by atoms with E-state index in [1.54, 1.807) is 49.1 Å². The highest BCUT2D eigenvalue weighted by atomic mass is 32.1. The highest BCUT2D eigenvalue weighted by molar-refractivity contribution is 7.13. The molecule has 0 bridgehead atoms. The first-order valence-corrected chi connectivity index (χ1v) is 16.5. The number of ether oxygens (including phenoxy) is 2. The second-order valence-corrected chi connectivity index (χ2v) is 14.5. The highest BCUT2D eigenvalue weighted by Crippen LogP contribution is 2.40. The third kappa shape index (κ3) is 7.27. The SMILES string of the molecule is C/C=C(\c1cc(-c2cncc(N(C)C)c2)ncc1N(N)C(=O)OC(C)(C)C)c1cc2c(-c3cccs3)cccc2n1C(=O)OC(C)(C)C. The molecule has 0 spiro atoms. The van der Waals surface area contributed by atoms with Crippen LogP contribution in [0.2, 0.25) is 0 Å². The average molecular weight is 667 g/mol. The Morgan fingerprint density at radius 2 is 1.67 bits per heavy atom. The molecule has 0 saturated heterocycles. The molecule has 250 valence electrons. The number of allylic oxidation sites excluding steroid dienone is 1. The molecule has 0 fully saturated rings. The summed E-state index contributed by atoms with van der Waals surface area (Å²) in [6, 6.07) is 15.7. The highest BCUT2D eigenvalue weighted by Gasteiger charge is 2.29. The van der Waals surface area contributed by atoms with Crippen LogP contribution in [-0.2, 0) is 9.47 Å². The normalized spacial score (nSPS) is 12.2. The van der Waals surface area contributed by atoms with Crippen molar-refractivity contribution in [3.05, 3.63) is 89.8 Å². The van der Waals surface area contributed by atoms with Gasteiger partial charge < -0.3 is 14.4 Å². The molecule has 0 atom stereocenters. The molecule has 0 aliphatic heterocycles. The van der Waals surface area contributed by atoms with Crippen molar-refractivity contribution in [2.24, 2.45) is 5.84 Å². The predicted molar refractivity (Wildman–Crippen MR) is 194 cm³/mol. The minimum absolute atomic E-state index is 0.289. The number of carbonyl (C=O) groups excluding carboxylic acids is 2. The zero-order valence-corrected chi connectivity index (χ0v) is 29.7. The number of fused-ring (bicyclic) bond motifs is 1. The smallest absolute Gasteiger partial charge is 0.429 e. The molecule has 0 radical (unpaired) electrons. The Morgan fingerprint density at radius 1 is 0.938 bits per heavy atom. The molecule has 0 aliphatic carbocycles. The maximum absolute atomic E-state index is 14.1. The molecule has 4 aromatic heterocycles. The van der Waals surface area contributed by atoms with Crippen molar-refractivity contribution in [1.29, 1.82) is 0 Å². The van der Waals surface area contributed by atoms with Crippen LogP contribution >= 0.6 is 11.3 Å². The van der Waals surface area contributed by atoms with E-state index in [0.717, 1.165) is 32.1 Å². The first-order valence-electron chi connectivity index (χ1n) is 15.6. The van der Waals surface area contributed by atoms with Crippen LogP contribution in [0.3, 0.4) is 0 Å². The van der Waals surface area contributed by atoms with Gasteiger partial charge >= 0.3 is 12.2 Å². The van der Waals surface area contributed by atoms with Gasteiger partial charge in [0.15, 0.2) is 0 Å². The summed E-state index contributed by atoms with van der Waals surface area (Å²) in [6.07, 6.45) is 5.64. The Labute approximate surface area is 285 Å². The third-order valence-corrected chi connectivity index (χ3v) is 8.24. The van der Waals surface area contributed by atoms with Crippen molar-refractivity contribution < 1.29 is 19.1 Å². The first-order chi connectivity index (χ1) is 22.6. The van der Waals surface area contributed by atoms with Crippen LogP contribution in [0.1, 0.15) is 59.7 Å². The number of hydrogen-bond acceptors (Lipinski definition) is 9. The van der Waals surface area contributed by atoms with Gasteiger partial charge in [0.1, 0.15) is 11.2 Å². The predicted octanol–water partition coefficient (Wildman–Crippen LogP) is 8.74. The lowest BCUT2D eigenvalue weighted by molar-refractivity contribution is 0.0540. The summed E-state index contributed by atoms with van der Waals surface area (Å²) in [5, 5.41) is 3.84. The minimum Gasteiger partial charge on any atom is -0.443 e. The fourth-order valence-corrected chi connectivity index (χ4v) is 6.02. The van der Waals surface area contributed by atoms with E-state index in [1.807, 2.05) is 101 Å². The van der Waals surface area contributed by atoms with E-state index in [1.165, 1.54) is 6.20 Å². The summed E-state index contributed by atoms with van der Waals surface area (Å²) in [6.45, 7) is 12.7. The van der Waals surface area contributed by atoms with E-state index < -0.39 is 23.4 Å². The van der Waals surface area contributed by atoms with Crippen LogP contribution in [-0.4, -0.2) is 52.0 Å². The lowest BCUT2D eigenvalue weighted by Gasteiger charge is -2.26. The molecule has 48 heavy (non-hydrogen) atoms. The molecular formula is C37H42N6O4S. The number of thiophene rings is 1. The standard InChI is InChI=1S/C37H42N6O4S/c1-10-25(31-19-28-26(33-15-12-16-48-33)13-11-14-30(28)42(31)34(44)46-36(2,3)4)27-18-29(23-17-24(41(8)9)21-39-20-23)40-22-32(27)43(38)35(45)47-37(5,6)7/h10-22H,38H2,1-9H3/b25-10+. The molecule has 0 aliphatic rings. The first kappa shape index (κ1) is 34.3. The summed E-state index contributed by atoms with van der Waals surface area (Å²) < 4.78 is 13.2. The molecule has 2 N–H and O–H groups in total. The molecule has 1 amide bonds. The van der Waals surface area contributed by atoms with Crippen LogP contribution < -0.4 is 15.8 Å². The summed E-state index contributed by atoms with van der Waals surface area (Å²) in [4.78, 5) is 39.5. The molecule has 11 heteroatoms. The number of carbonyl (C=O) groups is 2. The lowest BCUT2D eigenvalue weighted by atomic mass is 9.98. The largest absolute Gasteiger partial charge is 0.443 e. The molecule has 5 aromatic rings. The van der Waals surface area contributed by atoms with Gasteiger partial charge in [-0.05, 0) is 84.2 Å². The number of pyridine rings is 2. The Hall–Kier alpha value is -5.00. The van der Waals surface area contributed by atoms with Crippen molar-refractivity contribution >= 4 is 51.4 Å². The Bertz CT molecular complexity index is 2000. The molecule has 0 unspecified atom stereocenters. The van der Waals surface area contributed by atoms with Crippen molar-refractivity contribution in [1.82, 2.24) is 14.5 Å². The average Bonchev–Trinajstić information content (AvgIpc) is 3.68. The van der Waals surface area contributed by atoms with Crippen LogP contribution in [0.15, 0.2) is 78.6 Å². The molecule has 10 nitrogen and oxygen atoms in total. The van der Waals surface area contributed by atoms with E-state index in [0.29, 0.717) is 28.0 Å². The maximum atomic E-state index is 14.1. The van der Waals surface area contributed by atoms with Crippen LogP contribution in [0.5, 0.6) is 0 Å². The number of aromatic nitrogens is 3. The Morgan fingerprint density at radius 3 is 2.29 bits per heavy atom. The van der Waals surface area contributed by atoms with E-state index in [2.05, 4.69) is 11.1 Å². The van der Waals surface area contributed by atoms with E-state index in [9.17, 15) is 9.59 Å². The zero-order valence-electron chi connectivity index (χ0n) is 28.9. The number of hydrazine groups is 1. The van der Waals surface area contributed by atoms with E-state index in [-0.39, 0.29) is 5.69 Å². The number of rotatable bonds is 6. The van der Waals surface area contributed by atoms with Gasteiger partial charge in [0.2, 0.25) is 0 Å². The zero-order chi connectivity index (χ0) is 35.0. The second-order valence-electron chi connectivity index (χ2n) is 13.5. The lowest BCUT2D eigenvalue weighted by Crippen LogP contribution is -2.42. The Balaban J connectivity index is 1.79. The summed E-state index contributed by atoms with van der Waals surface area (Å²) in [5.41, 5.74) is 4.41. The van der Waals surface area contributed by atoms with Gasteiger partial charge in [-0.1, -0.05) is 24.3 Å². The van der Waals surface area contributed by atoms with Crippen LogP contribution in [0.4, 0.5) is 21.0 Å². The molecule has 0 saturated carbocycles. The van der Waals surface area contributed by atoms with E-state index in [4.69, 9.17) is 20.3 Å². The number of benzene rings is 1. The van der Waals surface area contributed by atoms with Gasteiger partial charge in [-0.25, -0.2) is 25.0 Å². The number of amides is 1. The number of nitrogens with zero attached hydrogens (tertiary/aromatic N) is 5. The van der Waals surface area contributed by atoms with Gasteiger partial charge in [0, 0.05) is 52.8 Å². The topological polar surface area (TPSA) is 116 Å². The molecular weight excluding hydrogens is 625 g/mol. The third-order valence-electron chi connectivity index (χ3n) is 7.33. The molecule has 5 rings (SSSR count). The Kier molecular flexibility index (Phi) is 9.48. The quantitative estimate of drug-likeness (QED) is 0.109. The van der Waals surface area contributed by atoms with Gasteiger partial charge in [0.25, 0.3) is 0 Å². The number of nitrogens with two attached hydrogens (primary N) is 1. The maximum Gasteiger partial charge on any atom is 0.429 e. The number of hydrogen-bond donors (Lipinski definition) is 1. The van der Waals surface area contributed by atoms with Crippen molar-refractivity contribution in [2.75, 3.05) is 24.0 Å². The van der Waals surface area contributed by atoms with Crippen molar-refractivity contribution in [2.45, 2.75) is 59.7 Å². The van der Waals surface area contributed by atoms with Crippen molar-refractivity contribution in [3.63, 3.8) is 0 Å². The van der Waals surface area contributed by atoms with Crippen LogP contribution in [0.25, 0.3) is 38.2 Å². The monoisotopic (exact) mass is 666 g/mol. The summed E-state index contributed by atoms with van der Waals surface area (Å²) in [7, 11) is 3.88. The van der Waals surface area contributed by atoms with E-state index >= 15 is 0 Å². The van der Waals surface area contributed by atoms with Crippen LogP contribution in [0, 0.1) is 0 Å². The number of anilines is 2. The minimum atomic E-state index is -0.786.